The van der Waals surface area contributed by atoms with Crippen molar-refractivity contribution in [2.45, 2.75) is 83.1 Å². The summed E-state index contributed by atoms with van der Waals surface area (Å²) in [4.78, 5) is 48.4. The lowest BCUT2D eigenvalue weighted by Gasteiger charge is -2.59. The normalized spacial score (nSPS) is 34.4. The molecule has 0 radical (unpaired) electrons. The van der Waals surface area contributed by atoms with E-state index in [9.17, 15) is 19.2 Å². The summed E-state index contributed by atoms with van der Waals surface area (Å²) in [7, 11) is 1.25. The van der Waals surface area contributed by atoms with Gasteiger partial charge in [-0.15, -0.1) is 0 Å². The highest BCUT2D eigenvalue weighted by atomic mass is 16.8. The fourth-order valence-electron chi connectivity index (χ4n) is 5.45. The number of unbranched alkanes of at least 4 members (excludes halogenated alkanes) is 1. The van der Waals surface area contributed by atoms with Gasteiger partial charge in [0.25, 0.3) is 6.47 Å². The minimum atomic E-state index is -1.40. The first-order valence-electron chi connectivity index (χ1n) is 11.3. The van der Waals surface area contributed by atoms with E-state index in [-0.39, 0.29) is 18.9 Å². The largest absolute Gasteiger partial charge is 0.466 e. The second kappa shape index (κ2) is 10.2. The molecule has 0 N–H and O–H groups in total. The summed E-state index contributed by atoms with van der Waals surface area (Å²) in [6, 6.07) is 0. The maximum absolute atomic E-state index is 13.1. The molecule has 0 bridgehead atoms. The zero-order chi connectivity index (χ0) is 24.2. The number of hydrogen-bond acceptors (Lipinski definition) is 10. The molecule has 0 saturated carbocycles. The lowest BCUT2D eigenvalue weighted by molar-refractivity contribution is -0.380. The number of methoxy groups -OCH3 is 1. The molecular weight excluding hydrogens is 436 g/mol. The minimum Gasteiger partial charge on any atom is -0.466 e. The molecule has 3 rings (SSSR count). The molecule has 6 unspecified atom stereocenters. The van der Waals surface area contributed by atoms with Crippen LogP contribution in [0.4, 0.5) is 0 Å². The number of carbonyl (C=O) groups is 4. The zero-order valence-electron chi connectivity index (χ0n) is 19.4. The Morgan fingerprint density at radius 2 is 2.06 bits per heavy atom. The lowest BCUT2D eigenvalue weighted by atomic mass is 9.54. The predicted molar refractivity (Wildman–Crippen MR) is 111 cm³/mol. The Morgan fingerprint density at radius 3 is 2.67 bits per heavy atom. The quantitative estimate of drug-likeness (QED) is 0.181. The van der Waals surface area contributed by atoms with E-state index in [1.165, 1.54) is 19.3 Å². The molecule has 3 heterocycles. The van der Waals surface area contributed by atoms with Crippen LogP contribution in [0.1, 0.15) is 52.9 Å². The minimum absolute atomic E-state index is 0.0785. The molecule has 3 aliphatic heterocycles. The van der Waals surface area contributed by atoms with Crippen molar-refractivity contribution in [3.05, 3.63) is 12.2 Å². The summed E-state index contributed by atoms with van der Waals surface area (Å²) in [6.07, 6.45) is 2.64. The van der Waals surface area contributed by atoms with Gasteiger partial charge < -0.3 is 28.4 Å². The van der Waals surface area contributed by atoms with Crippen LogP contribution in [0.25, 0.3) is 0 Å². The van der Waals surface area contributed by atoms with Gasteiger partial charge in [0, 0.05) is 12.5 Å². The number of hydrogen-bond donors (Lipinski definition) is 0. The van der Waals surface area contributed by atoms with E-state index in [1.807, 2.05) is 6.92 Å². The first-order valence-corrected chi connectivity index (χ1v) is 11.3. The molecule has 3 fully saturated rings. The van der Waals surface area contributed by atoms with Gasteiger partial charge in [-0.1, -0.05) is 25.8 Å². The Balaban J connectivity index is 2.00. The molecule has 3 aliphatic rings. The average molecular weight is 468 g/mol. The highest BCUT2D eigenvalue weighted by Gasteiger charge is 2.85. The van der Waals surface area contributed by atoms with E-state index in [0.29, 0.717) is 19.3 Å². The maximum Gasteiger partial charge on any atom is 0.339 e. The van der Waals surface area contributed by atoms with Crippen molar-refractivity contribution >= 4 is 24.4 Å². The molecule has 7 atom stereocenters. The lowest BCUT2D eigenvalue weighted by Crippen LogP contribution is -2.76. The highest BCUT2D eigenvalue weighted by Crippen LogP contribution is 2.67. The van der Waals surface area contributed by atoms with Crippen molar-refractivity contribution in [3.63, 3.8) is 0 Å². The van der Waals surface area contributed by atoms with Crippen LogP contribution in [-0.2, 0) is 47.6 Å². The van der Waals surface area contributed by atoms with Crippen molar-refractivity contribution in [3.8, 4) is 0 Å². The van der Waals surface area contributed by atoms with Crippen LogP contribution in [-0.4, -0.2) is 68.3 Å². The molecular formula is C23H32O10. The van der Waals surface area contributed by atoms with Gasteiger partial charge in [0.05, 0.1) is 19.8 Å². The van der Waals surface area contributed by atoms with E-state index in [0.717, 1.165) is 12.8 Å². The monoisotopic (exact) mass is 468 g/mol. The van der Waals surface area contributed by atoms with Gasteiger partial charge in [-0.3, -0.25) is 4.79 Å². The smallest absolute Gasteiger partial charge is 0.339 e. The van der Waals surface area contributed by atoms with Gasteiger partial charge in [-0.2, -0.15) is 0 Å². The number of carbonyl (C=O) groups excluding carboxylic acids is 4. The van der Waals surface area contributed by atoms with Gasteiger partial charge in [0.2, 0.25) is 6.29 Å². The van der Waals surface area contributed by atoms with Crippen LogP contribution in [0.3, 0.4) is 0 Å². The fourth-order valence-corrected chi connectivity index (χ4v) is 5.45. The van der Waals surface area contributed by atoms with Crippen LogP contribution in [0.15, 0.2) is 12.2 Å². The number of ether oxygens (including phenoxy) is 6. The van der Waals surface area contributed by atoms with Crippen LogP contribution in [0.2, 0.25) is 0 Å². The molecule has 0 amide bonds. The number of fused-ring (bicyclic) bond motifs is 2. The molecule has 1 spiro atoms. The van der Waals surface area contributed by atoms with Gasteiger partial charge in [0.15, 0.2) is 11.7 Å². The molecule has 10 heteroatoms. The Bertz CT molecular complexity index is 794. The third-order valence-electron chi connectivity index (χ3n) is 6.78. The van der Waals surface area contributed by atoms with E-state index in [4.69, 9.17) is 23.7 Å². The van der Waals surface area contributed by atoms with Crippen molar-refractivity contribution in [2.24, 2.45) is 11.3 Å². The highest BCUT2D eigenvalue weighted by molar-refractivity contribution is 5.90. The summed E-state index contributed by atoms with van der Waals surface area (Å²) in [5.74, 6) is -2.04. The van der Waals surface area contributed by atoms with Crippen LogP contribution >= 0.6 is 0 Å². The Hall–Kier alpha value is -2.46. The Labute approximate surface area is 192 Å². The first kappa shape index (κ1) is 25.2. The summed E-state index contributed by atoms with van der Waals surface area (Å²) >= 11 is 0. The molecule has 0 aromatic rings. The fraction of sp³-hybridized carbons (Fsp3) is 0.739. The summed E-state index contributed by atoms with van der Waals surface area (Å²) in [6.45, 7) is 5.87. The van der Waals surface area contributed by atoms with E-state index >= 15 is 0 Å². The Kier molecular flexibility index (Phi) is 7.79. The molecule has 10 nitrogen and oxygen atoms in total. The van der Waals surface area contributed by atoms with Crippen molar-refractivity contribution in [1.82, 2.24) is 0 Å². The van der Waals surface area contributed by atoms with E-state index in [2.05, 4.69) is 4.74 Å². The van der Waals surface area contributed by atoms with Gasteiger partial charge in [-0.25, -0.2) is 14.4 Å². The molecule has 33 heavy (non-hydrogen) atoms. The predicted octanol–water partition coefficient (Wildman–Crippen LogP) is 1.83. The van der Waals surface area contributed by atoms with Gasteiger partial charge >= 0.3 is 17.9 Å². The second-order valence-electron chi connectivity index (χ2n) is 8.82. The number of cyclic esters (lactones) is 1. The van der Waals surface area contributed by atoms with Crippen LogP contribution in [0, 0.1) is 11.3 Å². The van der Waals surface area contributed by atoms with Crippen LogP contribution in [0.5, 0.6) is 0 Å². The molecule has 0 aromatic heterocycles. The van der Waals surface area contributed by atoms with Crippen molar-refractivity contribution in [1.29, 1.82) is 0 Å². The number of esters is 3. The third kappa shape index (κ3) is 4.26. The van der Waals surface area contributed by atoms with Crippen LogP contribution < -0.4 is 0 Å². The first-order chi connectivity index (χ1) is 15.8. The van der Waals surface area contributed by atoms with E-state index < -0.39 is 53.5 Å². The average Bonchev–Trinajstić information content (AvgIpc) is 3.19. The Morgan fingerprint density at radius 1 is 1.30 bits per heavy atom. The van der Waals surface area contributed by atoms with Gasteiger partial charge in [-0.05, 0) is 32.6 Å². The summed E-state index contributed by atoms with van der Waals surface area (Å²) < 4.78 is 32.6. The maximum atomic E-state index is 13.1. The molecule has 0 aliphatic carbocycles. The third-order valence-corrected chi connectivity index (χ3v) is 6.78. The second-order valence-corrected chi connectivity index (χ2v) is 8.82. The van der Waals surface area contributed by atoms with Gasteiger partial charge in [0.1, 0.15) is 11.5 Å². The number of rotatable bonds is 12. The topological polar surface area (TPSA) is 124 Å². The molecule has 0 aromatic carbocycles. The van der Waals surface area contributed by atoms with Crippen molar-refractivity contribution in [2.75, 3.05) is 13.7 Å². The van der Waals surface area contributed by atoms with Crippen molar-refractivity contribution < 1.29 is 47.6 Å². The summed E-state index contributed by atoms with van der Waals surface area (Å²) in [5, 5.41) is 0. The standard InChI is InChI=1S/C23H32O10/c1-5-6-8-16(11-14(2)30-13-24)23-18(29-10-7-9-17(25)28-4)19(26)32-21(23)33-22(23)12-15(3)31-20(22)27/h7,9,13-16,18,21H,5-6,8,10-12H2,1-4H3/b9-7+/t14?,15?,16-,18?,21?,22?,23?/m1/s1. The van der Waals surface area contributed by atoms with E-state index in [1.54, 1.807) is 13.8 Å². The SMILES string of the molecule is CCCC[C@H](CC(C)OC=O)C12C(OC(=O)C1OC/C=C/C(=O)OC)OC21CC(C)OC1=O. The zero-order valence-corrected chi connectivity index (χ0v) is 19.4. The summed E-state index contributed by atoms with van der Waals surface area (Å²) in [5.41, 5.74) is -2.56. The molecule has 3 saturated heterocycles. The molecule has 184 valence electrons.